The number of nitrogens with zero attached hydrogens (tertiary/aromatic N) is 1. The third kappa shape index (κ3) is 4.40. The number of amides is 1. The van der Waals surface area contributed by atoms with Crippen LogP contribution in [-0.2, 0) is 11.2 Å². The summed E-state index contributed by atoms with van der Waals surface area (Å²) >= 11 is 0. The molecular formula is C27H35NO2. The van der Waals surface area contributed by atoms with Crippen molar-refractivity contribution in [1.29, 1.82) is 0 Å². The Kier molecular flexibility index (Phi) is 5.65. The first-order chi connectivity index (χ1) is 14.3. The lowest BCUT2D eigenvalue weighted by Crippen LogP contribution is -2.35. The predicted molar refractivity (Wildman–Crippen MR) is 123 cm³/mol. The molecule has 1 saturated carbocycles. The summed E-state index contributed by atoms with van der Waals surface area (Å²) in [5, 5.41) is 0. The molecule has 2 aromatic carbocycles. The summed E-state index contributed by atoms with van der Waals surface area (Å²) in [7, 11) is 0. The highest BCUT2D eigenvalue weighted by molar-refractivity contribution is 5.72. The van der Waals surface area contributed by atoms with E-state index >= 15 is 0 Å². The van der Waals surface area contributed by atoms with Gasteiger partial charge in [-0.3, -0.25) is 0 Å². The first kappa shape index (κ1) is 21.0. The van der Waals surface area contributed by atoms with Crippen LogP contribution in [0.1, 0.15) is 81.0 Å². The molecule has 1 aliphatic carbocycles. The van der Waals surface area contributed by atoms with Gasteiger partial charge in [0.05, 0.1) is 0 Å². The van der Waals surface area contributed by atoms with E-state index in [-0.39, 0.29) is 6.09 Å². The average Bonchev–Trinajstić information content (AvgIpc) is 3.42. The average molecular weight is 406 g/mol. The molecule has 2 aliphatic rings. The van der Waals surface area contributed by atoms with E-state index in [1.165, 1.54) is 46.2 Å². The molecule has 3 nitrogen and oxygen atoms in total. The van der Waals surface area contributed by atoms with Crippen molar-refractivity contribution in [2.24, 2.45) is 0 Å². The van der Waals surface area contributed by atoms with Crippen molar-refractivity contribution in [2.75, 3.05) is 13.1 Å². The lowest BCUT2D eigenvalue weighted by molar-refractivity contribution is 0.0292. The van der Waals surface area contributed by atoms with E-state index in [9.17, 15) is 4.79 Å². The number of ether oxygens (including phenoxy) is 1. The summed E-state index contributed by atoms with van der Waals surface area (Å²) in [6.07, 6.45) is 4.47. The third-order valence-electron chi connectivity index (χ3n) is 6.39. The van der Waals surface area contributed by atoms with Crippen molar-refractivity contribution >= 4 is 6.09 Å². The summed E-state index contributed by atoms with van der Waals surface area (Å²) in [4.78, 5) is 14.4. The second-order valence-electron chi connectivity index (χ2n) is 9.99. The van der Waals surface area contributed by atoms with Crippen molar-refractivity contribution < 1.29 is 9.53 Å². The maximum absolute atomic E-state index is 12.5. The molecule has 1 heterocycles. The second-order valence-corrected chi connectivity index (χ2v) is 9.99. The van der Waals surface area contributed by atoms with Crippen LogP contribution in [0.15, 0.2) is 36.4 Å². The van der Waals surface area contributed by atoms with Gasteiger partial charge in [0.1, 0.15) is 5.60 Å². The van der Waals surface area contributed by atoms with E-state index < -0.39 is 5.60 Å². The summed E-state index contributed by atoms with van der Waals surface area (Å²) in [6, 6.07) is 13.7. The largest absolute Gasteiger partial charge is 0.444 e. The van der Waals surface area contributed by atoms with Gasteiger partial charge in [-0.2, -0.15) is 0 Å². The molecule has 30 heavy (non-hydrogen) atoms. The van der Waals surface area contributed by atoms with Crippen molar-refractivity contribution in [3.8, 4) is 11.1 Å². The Morgan fingerprint density at radius 2 is 1.83 bits per heavy atom. The molecule has 1 amide bonds. The van der Waals surface area contributed by atoms with Crippen LogP contribution < -0.4 is 0 Å². The van der Waals surface area contributed by atoms with Gasteiger partial charge in [-0.05, 0) is 92.7 Å². The van der Waals surface area contributed by atoms with Gasteiger partial charge in [0.2, 0.25) is 0 Å². The van der Waals surface area contributed by atoms with Crippen LogP contribution >= 0.6 is 0 Å². The van der Waals surface area contributed by atoms with Crippen LogP contribution in [0.4, 0.5) is 4.79 Å². The van der Waals surface area contributed by atoms with Crippen molar-refractivity contribution in [3.05, 3.63) is 58.7 Å². The second kappa shape index (κ2) is 8.09. The maximum Gasteiger partial charge on any atom is 0.410 e. The highest BCUT2D eigenvalue weighted by atomic mass is 16.6. The number of likely N-dealkylation sites (tertiary alicyclic amines) is 1. The monoisotopic (exact) mass is 405 g/mol. The van der Waals surface area contributed by atoms with Crippen molar-refractivity contribution in [1.82, 2.24) is 4.90 Å². The fourth-order valence-electron chi connectivity index (χ4n) is 4.90. The molecule has 1 aliphatic heterocycles. The maximum atomic E-state index is 12.5. The highest BCUT2D eigenvalue weighted by Crippen LogP contribution is 2.45. The zero-order chi connectivity index (χ0) is 21.5. The zero-order valence-corrected chi connectivity index (χ0v) is 19.1. The van der Waals surface area contributed by atoms with Gasteiger partial charge >= 0.3 is 6.09 Å². The molecule has 0 spiro atoms. The summed E-state index contributed by atoms with van der Waals surface area (Å²) in [5.74, 6) is 1.13. The molecule has 1 unspecified atom stereocenters. The fraction of sp³-hybridized carbons (Fsp3) is 0.519. The van der Waals surface area contributed by atoms with Crippen LogP contribution in [0, 0.1) is 6.92 Å². The van der Waals surface area contributed by atoms with Gasteiger partial charge in [0.25, 0.3) is 0 Å². The molecule has 0 aromatic heterocycles. The third-order valence-corrected chi connectivity index (χ3v) is 6.39. The number of hydrogen-bond acceptors (Lipinski definition) is 2. The molecular weight excluding hydrogens is 370 g/mol. The quantitative estimate of drug-likeness (QED) is 0.558. The van der Waals surface area contributed by atoms with Crippen molar-refractivity contribution in [2.45, 2.75) is 77.7 Å². The summed E-state index contributed by atoms with van der Waals surface area (Å²) in [5.41, 5.74) is 8.01. The topological polar surface area (TPSA) is 29.5 Å². The first-order valence-corrected chi connectivity index (χ1v) is 11.5. The lowest BCUT2D eigenvalue weighted by Gasteiger charge is -2.25. The van der Waals surface area contributed by atoms with Gasteiger partial charge in [0.15, 0.2) is 0 Å². The van der Waals surface area contributed by atoms with E-state index in [2.05, 4.69) is 50.2 Å². The molecule has 1 saturated heterocycles. The molecule has 0 bridgehead atoms. The Morgan fingerprint density at radius 1 is 1.10 bits per heavy atom. The Labute approximate surface area is 181 Å². The standard InChI is InChI=1S/C27H35NO2/c1-6-19-16-22(24-10-8-7-9-23(24)20-11-12-20)15-18(2)25(19)21-13-14-28(17-21)26(29)30-27(3,4)5/h7-10,15-16,20-21H,6,11-14,17H2,1-5H3. The van der Waals surface area contributed by atoms with E-state index in [0.717, 1.165) is 31.8 Å². The van der Waals surface area contributed by atoms with Crippen molar-refractivity contribution in [3.63, 3.8) is 0 Å². The minimum absolute atomic E-state index is 0.185. The van der Waals surface area contributed by atoms with Crippen LogP contribution in [0.5, 0.6) is 0 Å². The molecule has 2 aromatic rings. The highest BCUT2D eigenvalue weighted by Gasteiger charge is 2.32. The Balaban J connectivity index is 1.61. The van der Waals surface area contributed by atoms with Crippen LogP contribution in [-0.4, -0.2) is 29.7 Å². The predicted octanol–water partition coefficient (Wildman–Crippen LogP) is 6.83. The minimum atomic E-state index is -0.448. The fourth-order valence-corrected chi connectivity index (χ4v) is 4.90. The summed E-state index contributed by atoms with van der Waals surface area (Å²) < 4.78 is 5.60. The Bertz CT molecular complexity index is 936. The van der Waals surface area contributed by atoms with E-state index in [1.54, 1.807) is 0 Å². The molecule has 3 heteroatoms. The van der Waals surface area contributed by atoms with E-state index in [1.807, 2.05) is 25.7 Å². The Morgan fingerprint density at radius 3 is 2.50 bits per heavy atom. The van der Waals surface area contributed by atoms with Gasteiger partial charge < -0.3 is 9.64 Å². The number of carbonyl (C=O) groups is 1. The van der Waals surface area contributed by atoms with Crippen LogP contribution in [0.25, 0.3) is 11.1 Å². The number of rotatable bonds is 4. The SMILES string of the molecule is CCc1cc(-c2ccccc2C2CC2)cc(C)c1C1CCN(C(=O)OC(C)(C)C)C1. The molecule has 0 N–H and O–H groups in total. The number of benzene rings is 2. The molecule has 160 valence electrons. The van der Waals surface area contributed by atoms with E-state index in [4.69, 9.17) is 4.74 Å². The van der Waals surface area contributed by atoms with Gasteiger partial charge in [0, 0.05) is 19.0 Å². The van der Waals surface area contributed by atoms with E-state index in [0.29, 0.717) is 5.92 Å². The Hall–Kier alpha value is -2.29. The number of hydrogen-bond donors (Lipinski definition) is 0. The summed E-state index contributed by atoms with van der Waals surface area (Å²) in [6.45, 7) is 11.8. The van der Waals surface area contributed by atoms with Crippen LogP contribution in [0.2, 0.25) is 0 Å². The molecule has 0 radical (unpaired) electrons. The lowest BCUT2D eigenvalue weighted by atomic mass is 9.85. The minimum Gasteiger partial charge on any atom is -0.444 e. The van der Waals surface area contributed by atoms with Crippen LogP contribution in [0.3, 0.4) is 0 Å². The van der Waals surface area contributed by atoms with Gasteiger partial charge in [-0.25, -0.2) is 4.79 Å². The molecule has 2 fully saturated rings. The smallest absolute Gasteiger partial charge is 0.410 e. The zero-order valence-electron chi connectivity index (χ0n) is 19.1. The normalized spacial score (nSPS) is 19.2. The number of carbonyl (C=O) groups excluding carboxylic acids is 1. The molecule has 1 atom stereocenters. The first-order valence-electron chi connectivity index (χ1n) is 11.5. The number of aryl methyl sites for hydroxylation is 2. The van der Waals surface area contributed by atoms with Gasteiger partial charge in [-0.1, -0.05) is 43.3 Å². The molecule has 4 rings (SSSR count). The van der Waals surface area contributed by atoms with Gasteiger partial charge in [-0.15, -0.1) is 0 Å².